The summed E-state index contributed by atoms with van der Waals surface area (Å²) >= 11 is 3.14. The molecule has 0 atom stereocenters. The molecule has 0 bridgehead atoms. The van der Waals surface area contributed by atoms with Crippen molar-refractivity contribution >= 4 is 42.0 Å². The van der Waals surface area contributed by atoms with Crippen LogP contribution in [0.5, 0.6) is 0 Å². The number of nitrogens with one attached hydrogen (secondary N) is 1. The van der Waals surface area contributed by atoms with E-state index >= 15 is 0 Å². The summed E-state index contributed by atoms with van der Waals surface area (Å²) in [4.78, 5) is 11.7. The van der Waals surface area contributed by atoms with E-state index < -0.39 is 23.2 Å². The molecule has 2 rings (SSSR count). The molecule has 1 aromatic heterocycles. The zero-order valence-corrected chi connectivity index (χ0v) is 11.6. The van der Waals surface area contributed by atoms with Crippen LogP contribution < -0.4 is 5.32 Å². The predicted molar refractivity (Wildman–Crippen MR) is 65.4 cm³/mol. The van der Waals surface area contributed by atoms with Crippen LogP contribution in [-0.2, 0) is 0 Å². The molecule has 1 aromatic carbocycles. The van der Waals surface area contributed by atoms with Crippen LogP contribution in [0.25, 0.3) is 0 Å². The third-order valence-corrected chi connectivity index (χ3v) is 4.93. The summed E-state index contributed by atoms with van der Waals surface area (Å²) in [6.07, 6.45) is 0. The second-order valence-electron chi connectivity index (χ2n) is 3.15. The number of benzene rings is 1. The number of para-hydroxylation sites is 1. The fourth-order valence-corrected chi connectivity index (χ4v) is 3.58. The Balaban J connectivity index is 2.24. The summed E-state index contributed by atoms with van der Waals surface area (Å²) in [7, 11) is 0. The summed E-state index contributed by atoms with van der Waals surface area (Å²) in [5, 5.41) is 2.25. The quantitative estimate of drug-likeness (QED) is 0.815. The van der Waals surface area contributed by atoms with Gasteiger partial charge in [0.15, 0.2) is 0 Å². The summed E-state index contributed by atoms with van der Waals surface area (Å²) in [5.41, 5.74) is -0.405. The molecular weight excluding hydrogens is 359 g/mol. The first-order valence-electron chi connectivity index (χ1n) is 4.58. The Hall–Kier alpha value is -0.971. The summed E-state index contributed by atoms with van der Waals surface area (Å²) < 4.78 is 28.0. The van der Waals surface area contributed by atoms with E-state index in [-0.39, 0.29) is 14.5 Å². The molecule has 17 heavy (non-hydrogen) atoms. The van der Waals surface area contributed by atoms with Gasteiger partial charge in [0.1, 0.15) is 0 Å². The van der Waals surface area contributed by atoms with Gasteiger partial charge in [-0.15, -0.1) is 0 Å². The Labute approximate surface area is 111 Å². The van der Waals surface area contributed by atoms with Crippen LogP contribution >= 0.6 is 15.9 Å². The normalized spacial score (nSPS) is 10.3. The summed E-state index contributed by atoms with van der Waals surface area (Å²) in [6, 6.07) is 6.84. The van der Waals surface area contributed by atoms with E-state index in [9.17, 15) is 13.6 Å². The van der Waals surface area contributed by atoms with Crippen molar-refractivity contribution in [3.63, 3.8) is 0 Å². The van der Waals surface area contributed by atoms with Gasteiger partial charge in [0.2, 0.25) is 0 Å². The molecule has 0 saturated heterocycles. The Morgan fingerprint density at radius 2 is 1.82 bits per heavy atom. The van der Waals surface area contributed by atoms with E-state index in [1.165, 1.54) is 6.07 Å². The van der Waals surface area contributed by atoms with Crippen LogP contribution in [0.4, 0.5) is 14.5 Å². The molecule has 0 fully saturated rings. The van der Waals surface area contributed by atoms with Crippen molar-refractivity contribution < 1.29 is 13.6 Å². The molecule has 1 N–H and O–H groups in total. The molecule has 0 unspecified atom stereocenters. The molecule has 0 spiro atoms. The van der Waals surface area contributed by atoms with Crippen LogP contribution in [0.15, 0.2) is 33.7 Å². The van der Waals surface area contributed by atoms with Crippen LogP contribution in [0.3, 0.4) is 0 Å². The molecule has 6 heteroatoms. The average Bonchev–Trinajstić information content (AvgIpc) is 2.70. The van der Waals surface area contributed by atoms with Gasteiger partial charge in [-0.1, -0.05) is 0 Å². The molecule has 1 amide bonds. The zero-order valence-electron chi connectivity index (χ0n) is 8.34. The van der Waals surface area contributed by atoms with E-state index in [2.05, 4.69) is 21.2 Å². The number of carbonyl (C=O) groups is 1. The fourth-order valence-electron chi connectivity index (χ4n) is 1.23. The van der Waals surface area contributed by atoms with Crippen molar-refractivity contribution in [3.05, 3.63) is 49.8 Å². The first-order chi connectivity index (χ1) is 8.08. The topological polar surface area (TPSA) is 29.1 Å². The van der Waals surface area contributed by atoms with Gasteiger partial charge in [-0.2, -0.15) is 0 Å². The van der Waals surface area contributed by atoms with Gasteiger partial charge < -0.3 is 0 Å². The van der Waals surface area contributed by atoms with Crippen molar-refractivity contribution in [2.45, 2.75) is 0 Å². The second-order valence-corrected chi connectivity index (χ2v) is 7.46. The molecular formula is C11H6BrF2NOSe. The second kappa shape index (κ2) is 5.12. The number of amides is 1. The van der Waals surface area contributed by atoms with E-state index in [1.54, 1.807) is 12.1 Å². The Morgan fingerprint density at radius 1 is 1.18 bits per heavy atom. The number of hydrogen-bond donors (Lipinski definition) is 1. The number of carbonyl (C=O) groups excluding carboxylic acids is 1. The number of halogens is 3. The van der Waals surface area contributed by atoms with E-state index in [0.717, 1.165) is 15.5 Å². The van der Waals surface area contributed by atoms with Gasteiger partial charge in [-0.3, -0.25) is 0 Å². The van der Waals surface area contributed by atoms with Crippen molar-refractivity contribution in [2.75, 3.05) is 5.32 Å². The standard InChI is InChI=1S/C11H6BrF2NOSe/c12-9-5-4-8(17-9)11(16)15-10-6(13)2-1-3-7(10)14/h1-5H,(H,15,16). The van der Waals surface area contributed by atoms with Crippen molar-refractivity contribution in [1.82, 2.24) is 0 Å². The van der Waals surface area contributed by atoms with Gasteiger partial charge in [0, 0.05) is 0 Å². The Bertz CT molecular complexity index is 550. The molecule has 2 nitrogen and oxygen atoms in total. The monoisotopic (exact) mass is 365 g/mol. The molecule has 2 aromatic rings. The SMILES string of the molecule is O=C(Nc1c(F)cccc1F)c1ccc(Br)[se]1. The Morgan fingerprint density at radius 3 is 2.35 bits per heavy atom. The minimum atomic E-state index is -0.781. The van der Waals surface area contributed by atoms with Crippen molar-refractivity contribution in [3.8, 4) is 0 Å². The van der Waals surface area contributed by atoms with E-state index in [1.807, 2.05) is 0 Å². The predicted octanol–water partition coefficient (Wildman–Crippen LogP) is 3.04. The third kappa shape index (κ3) is 2.83. The van der Waals surface area contributed by atoms with Crippen molar-refractivity contribution in [2.24, 2.45) is 0 Å². The maximum absolute atomic E-state index is 13.3. The molecule has 1 heterocycles. The Kier molecular flexibility index (Phi) is 3.76. The van der Waals surface area contributed by atoms with E-state index in [0.29, 0.717) is 4.44 Å². The third-order valence-electron chi connectivity index (χ3n) is 2.00. The summed E-state index contributed by atoms with van der Waals surface area (Å²) in [5.74, 6) is -2.03. The molecule has 0 saturated carbocycles. The van der Waals surface area contributed by atoms with Crippen LogP contribution in [0, 0.1) is 11.6 Å². The first kappa shape index (κ1) is 12.5. The molecule has 0 radical (unpaired) electrons. The minimum absolute atomic E-state index is 0.133. The average molecular weight is 365 g/mol. The first-order valence-corrected chi connectivity index (χ1v) is 7.09. The van der Waals surface area contributed by atoms with Gasteiger partial charge >= 0.3 is 111 Å². The van der Waals surface area contributed by atoms with Crippen LogP contribution in [-0.4, -0.2) is 20.4 Å². The fraction of sp³-hybridized carbons (Fsp3) is 0. The van der Waals surface area contributed by atoms with Gasteiger partial charge in [0.05, 0.1) is 0 Å². The number of hydrogen-bond acceptors (Lipinski definition) is 1. The molecule has 0 aliphatic rings. The van der Waals surface area contributed by atoms with Gasteiger partial charge in [-0.05, 0) is 0 Å². The molecule has 88 valence electrons. The van der Waals surface area contributed by atoms with Gasteiger partial charge in [-0.25, -0.2) is 0 Å². The van der Waals surface area contributed by atoms with Crippen LogP contribution in [0.1, 0.15) is 9.23 Å². The number of anilines is 1. The molecule has 0 aliphatic heterocycles. The van der Waals surface area contributed by atoms with Gasteiger partial charge in [0.25, 0.3) is 0 Å². The number of rotatable bonds is 2. The maximum atomic E-state index is 13.3. The zero-order chi connectivity index (χ0) is 12.4. The summed E-state index contributed by atoms with van der Waals surface area (Å²) in [6.45, 7) is 0. The van der Waals surface area contributed by atoms with Crippen molar-refractivity contribution in [1.29, 1.82) is 0 Å². The van der Waals surface area contributed by atoms with Crippen LogP contribution in [0.2, 0.25) is 0 Å². The molecule has 0 aliphatic carbocycles. The van der Waals surface area contributed by atoms with E-state index in [4.69, 9.17) is 0 Å².